The number of carbonyl (C=O) groups excluding carboxylic acids is 2. The summed E-state index contributed by atoms with van der Waals surface area (Å²) in [5.41, 5.74) is 1.04. The molecule has 37 heavy (non-hydrogen) atoms. The maximum absolute atomic E-state index is 13.6. The summed E-state index contributed by atoms with van der Waals surface area (Å²) in [6.45, 7) is 4.47. The molecule has 2 N–H and O–H groups in total. The summed E-state index contributed by atoms with van der Waals surface area (Å²) >= 11 is 0. The van der Waals surface area contributed by atoms with Crippen LogP contribution in [0.15, 0.2) is 12.3 Å². The van der Waals surface area contributed by atoms with Gasteiger partial charge in [0.1, 0.15) is 11.7 Å². The number of aliphatic hydroxyl groups excluding tert-OH is 1. The van der Waals surface area contributed by atoms with Crippen molar-refractivity contribution in [3.8, 4) is 17.7 Å². The molecule has 1 aromatic rings. The van der Waals surface area contributed by atoms with Crippen molar-refractivity contribution in [1.29, 1.82) is 0 Å². The van der Waals surface area contributed by atoms with Crippen LogP contribution >= 0.6 is 0 Å². The van der Waals surface area contributed by atoms with Crippen molar-refractivity contribution >= 4 is 11.9 Å². The van der Waals surface area contributed by atoms with Crippen LogP contribution in [0.3, 0.4) is 0 Å². The first kappa shape index (κ1) is 27.3. The summed E-state index contributed by atoms with van der Waals surface area (Å²) in [5.74, 6) is 6.95. The van der Waals surface area contributed by atoms with Crippen LogP contribution in [0.1, 0.15) is 87.6 Å². The van der Waals surface area contributed by atoms with Crippen molar-refractivity contribution in [1.82, 2.24) is 20.1 Å². The molecule has 0 unspecified atom stereocenters. The molecule has 2 aliphatic carbocycles. The van der Waals surface area contributed by atoms with Gasteiger partial charge < -0.3 is 25.0 Å². The van der Waals surface area contributed by atoms with E-state index in [0.29, 0.717) is 30.1 Å². The van der Waals surface area contributed by atoms with E-state index in [2.05, 4.69) is 22.1 Å². The van der Waals surface area contributed by atoms with Crippen LogP contribution < -0.4 is 10.1 Å². The maximum Gasteiger partial charge on any atom is 0.317 e. The molecule has 3 amide bonds. The molecule has 0 bridgehead atoms. The number of rotatable bonds is 5. The van der Waals surface area contributed by atoms with Crippen molar-refractivity contribution < 1.29 is 19.4 Å². The normalized spacial score (nSPS) is 23.7. The zero-order valence-corrected chi connectivity index (χ0v) is 22.5. The van der Waals surface area contributed by atoms with E-state index < -0.39 is 0 Å². The van der Waals surface area contributed by atoms with Crippen LogP contribution in [-0.2, 0) is 0 Å². The van der Waals surface area contributed by atoms with Crippen LogP contribution in [0.4, 0.5) is 4.79 Å². The average Bonchev–Trinajstić information content (AvgIpc) is 3.42. The third kappa shape index (κ3) is 6.95. The van der Waals surface area contributed by atoms with E-state index in [-0.39, 0.29) is 48.5 Å². The Morgan fingerprint density at radius 1 is 1.24 bits per heavy atom. The van der Waals surface area contributed by atoms with Gasteiger partial charge in [-0.1, -0.05) is 50.9 Å². The van der Waals surface area contributed by atoms with Crippen LogP contribution in [0.5, 0.6) is 5.88 Å². The molecule has 2 fully saturated rings. The molecule has 3 atom stereocenters. The molecular formula is C29H42N4O4. The Morgan fingerprint density at radius 3 is 2.65 bits per heavy atom. The molecule has 2 heterocycles. The predicted molar refractivity (Wildman–Crippen MR) is 142 cm³/mol. The van der Waals surface area contributed by atoms with Crippen molar-refractivity contribution in [3.05, 3.63) is 23.4 Å². The van der Waals surface area contributed by atoms with Gasteiger partial charge in [-0.15, -0.1) is 0 Å². The van der Waals surface area contributed by atoms with E-state index in [0.717, 1.165) is 38.5 Å². The fourth-order valence-corrected chi connectivity index (χ4v) is 5.53. The number of hydrogen-bond acceptors (Lipinski definition) is 5. The molecule has 8 nitrogen and oxygen atoms in total. The Kier molecular flexibility index (Phi) is 9.31. The number of aliphatic hydroxyl groups is 1. The number of amides is 3. The molecule has 202 valence electrons. The van der Waals surface area contributed by atoms with Gasteiger partial charge in [0.2, 0.25) is 5.88 Å². The lowest BCUT2D eigenvalue weighted by Gasteiger charge is -2.37. The van der Waals surface area contributed by atoms with Gasteiger partial charge in [-0.3, -0.25) is 4.79 Å². The van der Waals surface area contributed by atoms with Gasteiger partial charge in [0.05, 0.1) is 19.2 Å². The average molecular weight is 511 g/mol. The minimum Gasteiger partial charge on any atom is -0.472 e. The van der Waals surface area contributed by atoms with E-state index in [9.17, 15) is 14.7 Å². The second kappa shape index (κ2) is 12.6. The number of hydrogen-bond donors (Lipinski definition) is 2. The van der Waals surface area contributed by atoms with E-state index in [4.69, 9.17) is 4.74 Å². The van der Waals surface area contributed by atoms with Crippen molar-refractivity contribution in [3.63, 3.8) is 0 Å². The number of pyridine rings is 1. The summed E-state index contributed by atoms with van der Waals surface area (Å²) in [4.78, 5) is 34.3. The smallest absolute Gasteiger partial charge is 0.317 e. The van der Waals surface area contributed by atoms with Gasteiger partial charge >= 0.3 is 6.03 Å². The quantitative estimate of drug-likeness (QED) is 0.588. The summed E-state index contributed by atoms with van der Waals surface area (Å²) in [7, 11) is 1.77. The Bertz CT molecular complexity index is 1010. The predicted octanol–water partition coefficient (Wildman–Crippen LogP) is 3.82. The topological polar surface area (TPSA) is 95.0 Å². The fraction of sp³-hybridized carbons (Fsp3) is 0.690. The van der Waals surface area contributed by atoms with Gasteiger partial charge in [-0.25, -0.2) is 9.78 Å². The first-order valence-corrected chi connectivity index (χ1v) is 14.0. The maximum atomic E-state index is 13.6. The number of fused-ring (bicyclic) bond motifs is 1. The summed E-state index contributed by atoms with van der Waals surface area (Å²) in [6.07, 6.45) is 11.6. The summed E-state index contributed by atoms with van der Waals surface area (Å²) in [6, 6.07) is 1.53. The zero-order chi connectivity index (χ0) is 26.4. The highest BCUT2D eigenvalue weighted by molar-refractivity contribution is 5.97. The van der Waals surface area contributed by atoms with Gasteiger partial charge in [0.15, 0.2) is 0 Å². The summed E-state index contributed by atoms with van der Waals surface area (Å²) in [5, 5.41) is 13.0. The molecule has 8 heteroatoms. The first-order valence-electron chi connectivity index (χ1n) is 14.0. The number of urea groups is 1. The van der Waals surface area contributed by atoms with Crippen LogP contribution in [0, 0.1) is 23.7 Å². The Hall–Kier alpha value is -2.79. The van der Waals surface area contributed by atoms with Gasteiger partial charge in [-0.05, 0) is 38.7 Å². The van der Waals surface area contributed by atoms with Crippen molar-refractivity contribution in [2.24, 2.45) is 11.8 Å². The molecule has 1 aromatic heterocycles. The van der Waals surface area contributed by atoms with Gasteiger partial charge in [0, 0.05) is 43.2 Å². The lowest BCUT2D eigenvalue weighted by atomic mass is 9.90. The van der Waals surface area contributed by atoms with E-state index in [1.807, 2.05) is 13.8 Å². The zero-order valence-electron chi connectivity index (χ0n) is 22.5. The van der Waals surface area contributed by atoms with Crippen molar-refractivity contribution in [2.75, 3.05) is 26.7 Å². The van der Waals surface area contributed by atoms with Crippen LogP contribution in [-0.4, -0.2) is 76.8 Å². The molecule has 0 spiro atoms. The number of carbonyl (C=O) groups is 2. The Labute approximate surface area is 221 Å². The largest absolute Gasteiger partial charge is 0.472 e. The van der Waals surface area contributed by atoms with Crippen LogP contribution in [0.2, 0.25) is 0 Å². The third-order valence-corrected chi connectivity index (χ3v) is 8.03. The minimum absolute atomic E-state index is 0.0830. The standard InChI is InChI=1S/C29H42N4O4/c1-20-17-33(21(2)19-34)28(35)25-15-23(14-13-22-9-5-4-6-10-22)16-30-27(25)37-26(20)18-32(3)29(36)31-24-11-7-8-12-24/h15-16,20-22,24,26,34H,4-12,17-19H2,1-3H3,(H,31,36)/t20-,21-,26+/m0/s1. The monoisotopic (exact) mass is 510 g/mol. The molecule has 2 saturated carbocycles. The van der Waals surface area contributed by atoms with E-state index in [1.165, 1.54) is 19.3 Å². The summed E-state index contributed by atoms with van der Waals surface area (Å²) < 4.78 is 6.33. The third-order valence-electron chi connectivity index (χ3n) is 8.03. The van der Waals surface area contributed by atoms with Gasteiger partial charge in [0.25, 0.3) is 5.91 Å². The highest BCUT2D eigenvalue weighted by Crippen LogP contribution is 2.28. The van der Waals surface area contributed by atoms with Crippen LogP contribution in [0.25, 0.3) is 0 Å². The second-order valence-corrected chi connectivity index (χ2v) is 11.1. The molecule has 3 aliphatic rings. The number of nitrogens with one attached hydrogen (secondary N) is 1. The molecular weight excluding hydrogens is 468 g/mol. The Morgan fingerprint density at radius 2 is 1.95 bits per heavy atom. The highest BCUT2D eigenvalue weighted by atomic mass is 16.5. The molecule has 0 radical (unpaired) electrons. The SMILES string of the molecule is C[C@H]1CN([C@@H](C)CO)C(=O)c2cc(C#CC3CCCCC3)cnc2O[C@@H]1CN(C)C(=O)NC1CCCC1. The molecule has 4 rings (SSSR count). The number of likely N-dealkylation sites (N-methyl/N-ethyl adjacent to an activating group) is 1. The lowest BCUT2D eigenvalue weighted by Crippen LogP contribution is -2.52. The molecule has 0 aromatic carbocycles. The minimum atomic E-state index is -0.369. The first-order chi connectivity index (χ1) is 17.9. The fourth-order valence-electron chi connectivity index (χ4n) is 5.53. The number of nitrogens with zero attached hydrogens (tertiary/aromatic N) is 3. The molecule has 1 aliphatic heterocycles. The van der Waals surface area contributed by atoms with Crippen molar-refractivity contribution in [2.45, 2.75) is 89.8 Å². The number of ether oxygens (including phenoxy) is 1. The molecule has 0 saturated heterocycles. The number of aromatic nitrogens is 1. The Balaban J connectivity index is 1.56. The van der Waals surface area contributed by atoms with Gasteiger partial charge in [-0.2, -0.15) is 0 Å². The van der Waals surface area contributed by atoms with E-state index in [1.54, 1.807) is 29.1 Å². The lowest BCUT2D eigenvalue weighted by molar-refractivity contribution is 0.0351. The van der Waals surface area contributed by atoms with E-state index >= 15 is 0 Å². The second-order valence-electron chi connectivity index (χ2n) is 11.1. The highest BCUT2D eigenvalue weighted by Gasteiger charge is 2.35.